The van der Waals surface area contributed by atoms with Crippen LogP contribution in [0, 0.1) is 6.92 Å². The third-order valence-corrected chi connectivity index (χ3v) is 2.85. The molecule has 1 aromatic heterocycles. The minimum absolute atomic E-state index is 0.940. The second-order valence-electron chi connectivity index (χ2n) is 3.77. The molecule has 0 saturated carbocycles. The Kier molecular flexibility index (Phi) is 3.27. The summed E-state index contributed by atoms with van der Waals surface area (Å²) in [5, 5.41) is 1.28. The lowest BCUT2D eigenvalue weighted by atomic mass is 10.0. The zero-order valence-corrected chi connectivity index (χ0v) is 9.80. The van der Waals surface area contributed by atoms with Crippen molar-refractivity contribution in [1.29, 1.82) is 0 Å². The molecule has 0 spiro atoms. The lowest BCUT2D eigenvalue weighted by molar-refractivity contribution is 0.939. The molecule has 0 amide bonds. The van der Waals surface area contributed by atoms with Gasteiger partial charge in [-0.25, -0.2) is 0 Å². The Bertz CT molecular complexity index is 465. The van der Waals surface area contributed by atoms with Crippen LogP contribution in [0.3, 0.4) is 0 Å². The molecule has 1 nitrogen and oxygen atoms in total. The van der Waals surface area contributed by atoms with Crippen molar-refractivity contribution in [2.75, 3.05) is 5.75 Å². The predicted molar refractivity (Wildman–Crippen MR) is 68.7 cm³/mol. The largest absolute Gasteiger partial charge is 0.253 e. The van der Waals surface area contributed by atoms with E-state index in [-0.39, 0.29) is 0 Å². The van der Waals surface area contributed by atoms with Gasteiger partial charge in [-0.2, -0.15) is 12.6 Å². The Labute approximate surface area is 95.9 Å². The van der Waals surface area contributed by atoms with Crippen LogP contribution in [0.2, 0.25) is 0 Å². The van der Waals surface area contributed by atoms with Crippen LogP contribution in [0.25, 0.3) is 10.9 Å². The van der Waals surface area contributed by atoms with Crippen molar-refractivity contribution < 1.29 is 0 Å². The van der Waals surface area contributed by atoms with Crippen LogP contribution in [0.4, 0.5) is 0 Å². The highest BCUT2D eigenvalue weighted by molar-refractivity contribution is 7.80. The molecule has 0 radical (unpaired) electrons. The standard InChI is InChI=1S/C13H15NS/c1-10-9-11(5-4-8-15)12-6-2-3-7-13(12)14-10/h2-3,6-7,9,15H,4-5,8H2,1H3. The van der Waals surface area contributed by atoms with Crippen molar-refractivity contribution in [3.05, 3.63) is 41.6 Å². The molecule has 2 rings (SSSR count). The van der Waals surface area contributed by atoms with E-state index in [1.54, 1.807) is 0 Å². The van der Waals surface area contributed by atoms with Crippen molar-refractivity contribution in [2.24, 2.45) is 0 Å². The molecule has 0 aliphatic carbocycles. The van der Waals surface area contributed by atoms with Crippen LogP contribution < -0.4 is 0 Å². The summed E-state index contributed by atoms with van der Waals surface area (Å²) in [6.07, 6.45) is 2.21. The first kappa shape index (κ1) is 10.5. The van der Waals surface area contributed by atoms with Crippen LogP contribution in [-0.2, 0) is 6.42 Å². The third-order valence-electron chi connectivity index (χ3n) is 2.53. The molecule has 0 aliphatic rings. The van der Waals surface area contributed by atoms with E-state index < -0.39 is 0 Å². The van der Waals surface area contributed by atoms with E-state index >= 15 is 0 Å². The van der Waals surface area contributed by atoms with Crippen molar-refractivity contribution >= 4 is 23.5 Å². The molecular formula is C13H15NS. The zero-order chi connectivity index (χ0) is 10.7. The van der Waals surface area contributed by atoms with Gasteiger partial charge in [-0.3, -0.25) is 4.98 Å². The number of pyridine rings is 1. The maximum absolute atomic E-state index is 4.53. The van der Waals surface area contributed by atoms with E-state index in [4.69, 9.17) is 0 Å². The first-order valence-corrected chi connectivity index (χ1v) is 5.90. The number of benzene rings is 1. The fourth-order valence-electron chi connectivity index (χ4n) is 1.87. The summed E-state index contributed by atoms with van der Waals surface area (Å²) < 4.78 is 0. The summed E-state index contributed by atoms with van der Waals surface area (Å²) in [5.41, 5.74) is 3.60. The first-order valence-electron chi connectivity index (χ1n) is 5.27. The van der Waals surface area contributed by atoms with Crippen molar-refractivity contribution in [2.45, 2.75) is 19.8 Å². The molecule has 2 heteroatoms. The number of hydrogen-bond acceptors (Lipinski definition) is 2. The molecule has 2 aromatic rings. The van der Waals surface area contributed by atoms with Gasteiger partial charge in [0.1, 0.15) is 0 Å². The maximum Gasteiger partial charge on any atom is 0.0707 e. The van der Waals surface area contributed by atoms with E-state index in [1.807, 2.05) is 6.07 Å². The van der Waals surface area contributed by atoms with Gasteiger partial charge in [-0.05, 0) is 43.2 Å². The minimum atomic E-state index is 0.940. The number of fused-ring (bicyclic) bond motifs is 1. The molecule has 0 N–H and O–H groups in total. The van der Waals surface area contributed by atoms with Gasteiger partial charge in [0.15, 0.2) is 0 Å². The van der Waals surface area contributed by atoms with Crippen molar-refractivity contribution in [3.63, 3.8) is 0 Å². The average Bonchev–Trinajstić information content (AvgIpc) is 2.25. The minimum Gasteiger partial charge on any atom is -0.253 e. The Hall–Kier alpha value is -1.02. The van der Waals surface area contributed by atoms with Crippen LogP contribution in [0.15, 0.2) is 30.3 Å². The summed E-state index contributed by atoms with van der Waals surface area (Å²) in [5.74, 6) is 0.940. The van der Waals surface area contributed by atoms with E-state index in [9.17, 15) is 0 Å². The molecule has 0 unspecified atom stereocenters. The molecule has 15 heavy (non-hydrogen) atoms. The van der Waals surface area contributed by atoms with Crippen LogP contribution in [0.5, 0.6) is 0 Å². The van der Waals surface area contributed by atoms with Gasteiger partial charge in [-0.15, -0.1) is 0 Å². The normalized spacial score (nSPS) is 10.8. The molecule has 1 aromatic carbocycles. The lowest BCUT2D eigenvalue weighted by Crippen LogP contribution is -1.93. The number of para-hydroxylation sites is 1. The van der Waals surface area contributed by atoms with Crippen molar-refractivity contribution in [3.8, 4) is 0 Å². The Morgan fingerprint density at radius 2 is 2.07 bits per heavy atom. The SMILES string of the molecule is Cc1cc(CCCS)c2ccccc2n1. The summed E-state index contributed by atoms with van der Waals surface area (Å²) >= 11 is 4.26. The monoisotopic (exact) mass is 217 g/mol. The number of aryl methyl sites for hydroxylation is 2. The summed E-state index contributed by atoms with van der Waals surface area (Å²) in [6.45, 7) is 2.05. The van der Waals surface area contributed by atoms with Gasteiger partial charge in [0, 0.05) is 11.1 Å². The smallest absolute Gasteiger partial charge is 0.0707 e. The quantitative estimate of drug-likeness (QED) is 0.777. The molecule has 0 fully saturated rings. The van der Waals surface area contributed by atoms with E-state index in [1.165, 1.54) is 10.9 Å². The van der Waals surface area contributed by atoms with E-state index in [0.717, 1.165) is 29.8 Å². The van der Waals surface area contributed by atoms with Crippen molar-refractivity contribution in [1.82, 2.24) is 4.98 Å². The van der Waals surface area contributed by atoms with Gasteiger partial charge >= 0.3 is 0 Å². The zero-order valence-electron chi connectivity index (χ0n) is 8.90. The number of rotatable bonds is 3. The highest BCUT2D eigenvalue weighted by atomic mass is 32.1. The molecule has 1 heterocycles. The Morgan fingerprint density at radius 1 is 1.27 bits per heavy atom. The highest BCUT2D eigenvalue weighted by Gasteiger charge is 2.02. The van der Waals surface area contributed by atoms with Gasteiger partial charge in [0.25, 0.3) is 0 Å². The fourth-order valence-corrected chi connectivity index (χ4v) is 2.03. The summed E-state index contributed by atoms with van der Waals surface area (Å²) in [6, 6.07) is 10.5. The first-order chi connectivity index (χ1) is 7.31. The van der Waals surface area contributed by atoms with Crippen LogP contribution in [-0.4, -0.2) is 10.7 Å². The van der Waals surface area contributed by atoms with Gasteiger partial charge in [-0.1, -0.05) is 18.2 Å². The van der Waals surface area contributed by atoms with Crippen LogP contribution in [0.1, 0.15) is 17.7 Å². The topological polar surface area (TPSA) is 12.9 Å². The molecule has 0 saturated heterocycles. The fraction of sp³-hybridized carbons (Fsp3) is 0.308. The third kappa shape index (κ3) is 2.32. The molecule has 0 atom stereocenters. The average molecular weight is 217 g/mol. The summed E-state index contributed by atoms with van der Waals surface area (Å²) in [7, 11) is 0. The molecule has 0 aliphatic heterocycles. The predicted octanol–water partition coefficient (Wildman–Crippen LogP) is 3.41. The number of thiol groups is 1. The molecule has 78 valence electrons. The van der Waals surface area contributed by atoms with E-state index in [2.05, 4.69) is 48.8 Å². The second kappa shape index (κ2) is 4.67. The second-order valence-corrected chi connectivity index (χ2v) is 4.21. The lowest BCUT2D eigenvalue weighted by Gasteiger charge is -2.06. The van der Waals surface area contributed by atoms with Gasteiger partial charge < -0.3 is 0 Å². The molecule has 0 bridgehead atoms. The van der Waals surface area contributed by atoms with E-state index in [0.29, 0.717) is 0 Å². The van der Waals surface area contributed by atoms with Gasteiger partial charge in [0.2, 0.25) is 0 Å². The maximum atomic E-state index is 4.53. The Morgan fingerprint density at radius 3 is 2.87 bits per heavy atom. The van der Waals surface area contributed by atoms with Gasteiger partial charge in [0.05, 0.1) is 5.52 Å². The number of hydrogen-bond donors (Lipinski definition) is 1. The summed E-state index contributed by atoms with van der Waals surface area (Å²) in [4.78, 5) is 4.53. The molecular weight excluding hydrogens is 202 g/mol. The van der Waals surface area contributed by atoms with Crippen LogP contribution >= 0.6 is 12.6 Å². The number of aromatic nitrogens is 1. The highest BCUT2D eigenvalue weighted by Crippen LogP contribution is 2.19. The number of nitrogens with zero attached hydrogens (tertiary/aromatic N) is 1. The Balaban J connectivity index is 2.50.